The zero-order chi connectivity index (χ0) is 10.7. The topological polar surface area (TPSA) is 46.2 Å². The van der Waals surface area contributed by atoms with Gasteiger partial charge in [0.05, 0.1) is 0 Å². The summed E-state index contributed by atoms with van der Waals surface area (Å²) < 4.78 is 0. The van der Waals surface area contributed by atoms with Crippen molar-refractivity contribution in [3.8, 4) is 11.1 Å². The second-order valence-electron chi connectivity index (χ2n) is 3.40. The normalized spacial score (nSPS) is 12.4. The Balaban J connectivity index is 2.53. The third-order valence-corrected chi connectivity index (χ3v) is 2.36. The molecule has 0 aromatic heterocycles. The molecule has 76 valence electrons. The Morgan fingerprint density at radius 1 is 0.867 bits per heavy atom. The molecule has 0 fully saturated rings. The van der Waals surface area contributed by atoms with Crippen molar-refractivity contribution >= 4 is 0 Å². The van der Waals surface area contributed by atoms with Gasteiger partial charge in [-0.2, -0.15) is 0 Å². The van der Waals surface area contributed by atoms with Gasteiger partial charge in [0.1, 0.15) is 6.23 Å². The van der Waals surface area contributed by atoms with Crippen LogP contribution in [0.1, 0.15) is 11.8 Å². The van der Waals surface area contributed by atoms with E-state index in [1.807, 2.05) is 54.6 Å². The summed E-state index contributed by atoms with van der Waals surface area (Å²) in [5.41, 5.74) is 8.31. The molecule has 2 aromatic rings. The van der Waals surface area contributed by atoms with Gasteiger partial charge in [0.25, 0.3) is 0 Å². The first-order valence-corrected chi connectivity index (χ1v) is 4.87. The monoisotopic (exact) mass is 199 g/mol. The van der Waals surface area contributed by atoms with Crippen molar-refractivity contribution in [3.05, 3.63) is 60.2 Å². The van der Waals surface area contributed by atoms with E-state index in [1.54, 1.807) is 0 Å². The molecule has 2 nitrogen and oxygen atoms in total. The average molecular weight is 199 g/mol. The van der Waals surface area contributed by atoms with E-state index in [4.69, 9.17) is 5.73 Å². The molecule has 2 heteroatoms. The maximum absolute atomic E-state index is 9.44. The molecule has 0 amide bonds. The summed E-state index contributed by atoms with van der Waals surface area (Å²) in [6.45, 7) is 0. The molecule has 15 heavy (non-hydrogen) atoms. The molecule has 0 saturated heterocycles. The van der Waals surface area contributed by atoms with Crippen LogP contribution in [0.5, 0.6) is 0 Å². The van der Waals surface area contributed by atoms with E-state index in [1.165, 1.54) is 0 Å². The zero-order valence-electron chi connectivity index (χ0n) is 8.30. The van der Waals surface area contributed by atoms with Gasteiger partial charge in [0.15, 0.2) is 0 Å². The standard InChI is InChI=1S/C13H13NO/c14-13(15)12-9-5-4-8-11(12)10-6-2-1-3-7-10/h1-9,13,15H,14H2. The second kappa shape index (κ2) is 4.26. The van der Waals surface area contributed by atoms with Crippen molar-refractivity contribution in [1.29, 1.82) is 0 Å². The number of rotatable bonds is 2. The number of hydrogen-bond donors (Lipinski definition) is 2. The van der Waals surface area contributed by atoms with Crippen LogP contribution in [0, 0.1) is 0 Å². The molecule has 0 aliphatic carbocycles. The van der Waals surface area contributed by atoms with E-state index < -0.39 is 6.23 Å². The van der Waals surface area contributed by atoms with Crippen molar-refractivity contribution in [3.63, 3.8) is 0 Å². The maximum atomic E-state index is 9.44. The Labute approximate surface area is 89.0 Å². The number of nitrogens with two attached hydrogens (primary N) is 1. The maximum Gasteiger partial charge on any atom is 0.129 e. The molecule has 0 radical (unpaired) electrons. The molecule has 1 atom stereocenters. The van der Waals surface area contributed by atoms with Gasteiger partial charge in [-0.3, -0.25) is 0 Å². The molecule has 0 heterocycles. The lowest BCUT2D eigenvalue weighted by molar-refractivity contribution is 0.187. The molecule has 1 unspecified atom stereocenters. The summed E-state index contributed by atoms with van der Waals surface area (Å²) in [5.74, 6) is 0. The lowest BCUT2D eigenvalue weighted by atomic mass is 9.99. The van der Waals surface area contributed by atoms with E-state index in [-0.39, 0.29) is 0 Å². The predicted octanol–water partition coefficient (Wildman–Crippen LogP) is 2.30. The zero-order valence-corrected chi connectivity index (χ0v) is 8.30. The van der Waals surface area contributed by atoms with Crippen LogP contribution in [0.3, 0.4) is 0 Å². The fourth-order valence-corrected chi connectivity index (χ4v) is 1.64. The highest BCUT2D eigenvalue weighted by Crippen LogP contribution is 2.25. The Morgan fingerprint density at radius 2 is 1.47 bits per heavy atom. The predicted molar refractivity (Wildman–Crippen MR) is 61.0 cm³/mol. The number of aliphatic hydroxyl groups excluding tert-OH is 1. The molecule has 0 saturated carbocycles. The summed E-state index contributed by atoms with van der Waals surface area (Å²) >= 11 is 0. The lowest BCUT2D eigenvalue weighted by Crippen LogP contribution is -2.09. The van der Waals surface area contributed by atoms with E-state index in [2.05, 4.69) is 0 Å². The van der Waals surface area contributed by atoms with E-state index in [9.17, 15) is 5.11 Å². The largest absolute Gasteiger partial charge is 0.375 e. The highest BCUT2D eigenvalue weighted by molar-refractivity contribution is 5.67. The second-order valence-corrected chi connectivity index (χ2v) is 3.40. The highest BCUT2D eigenvalue weighted by Gasteiger charge is 2.08. The number of benzene rings is 2. The molecule has 0 aliphatic rings. The first kappa shape index (κ1) is 9.90. The van der Waals surface area contributed by atoms with E-state index in [0.29, 0.717) is 0 Å². The molecular weight excluding hydrogens is 186 g/mol. The molecule has 3 N–H and O–H groups in total. The van der Waals surface area contributed by atoms with Crippen LogP contribution in [0.15, 0.2) is 54.6 Å². The van der Waals surface area contributed by atoms with Crippen LogP contribution >= 0.6 is 0 Å². The van der Waals surface area contributed by atoms with Gasteiger partial charge in [0, 0.05) is 5.56 Å². The minimum absolute atomic E-state index is 0.753. The van der Waals surface area contributed by atoms with Crippen LogP contribution in [-0.2, 0) is 0 Å². The first-order valence-electron chi connectivity index (χ1n) is 4.87. The summed E-state index contributed by atoms with van der Waals surface area (Å²) in [7, 11) is 0. The van der Waals surface area contributed by atoms with Crippen molar-refractivity contribution in [2.75, 3.05) is 0 Å². The molecule has 2 rings (SSSR count). The third kappa shape index (κ3) is 2.06. The van der Waals surface area contributed by atoms with Crippen molar-refractivity contribution in [2.24, 2.45) is 5.73 Å². The summed E-state index contributed by atoms with van der Waals surface area (Å²) in [4.78, 5) is 0. The average Bonchev–Trinajstić information content (AvgIpc) is 2.30. The van der Waals surface area contributed by atoms with E-state index in [0.717, 1.165) is 16.7 Å². The van der Waals surface area contributed by atoms with Crippen LogP contribution in [0.25, 0.3) is 11.1 Å². The van der Waals surface area contributed by atoms with Gasteiger partial charge in [-0.15, -0.1) is 0 Å². The van der Waals surface area contributed by atoms with E-state index >= 15 is 0 Å². The van der Waals surface area contributed by atoms with Gasteiger partial charge >= 0.3 is 0 Å². The molecular formula is C13H13NO. The molecule has 0 bridgehead atoms. The Bertz CT molecular complexity index is 437. The van der Waals surface area contributed by atoms with Crippen molar-refractivity contribution in [1.82, 2.24) is 0 Å². The van der Waals surface area contributed by atoms with Crippen molar-refractivity contribution in [2.45, 2.75) is 6.23 Å². The van der Waals surface area contributed by atoms with Crippen LogP contribution in [0.4, 0.5) is 0 Å². The number of aliphatic hydroxyl groups is 1. The van der Waals surface area contributed by atoms with Gasteiger partial charge in [-0.1, -0.05) is 54.6 Å². The minimum Gasteiger partial charge on any atom is -0.375 e. The Hall–Kier alpha value is -1.64. The minimum atomic E-state index is -0.929. The fraction of sp³-hybridized carbons (Fsp3) is 0.0769. The summed E-state index contributed by atoms with van der Waals surface area (Å²) in [5, 5.41) is 9.44. The molecule has 2 aromatic carbocycles. The van der Waals surface area contributed by atoms with Gasteiger partial charge < -0.3 is 10.8 Å². The quantitative estimate of drug-likeness (QED) is 0.729. The smallest absolute Gasteiger partial charge is 0.129 e. The van der Waals surface area contributed by atoms with Crippen LogP contribution < -0.4 is 5.73 Å². The SMILES string of the molecule is NC(O)c1ccccc1-c1ccccc1. The van der Waals surface area contributed by atoms with Crippen molar-refractivity contribution < 1.29 is 5.11 Å². The third-order valence-electron chi connectivity index (χ3n) is 2.36. The Kier molecular flexibility index (Phi) is 2.81. The molecule has 0 spiro atoms. The van der Waals surface area contributed by atoms with Gasteiger partial charge in [-0.05, 0) is 11.1 Å². The number of hydrogen-bond acceptors (Lipinski definition) is 2. The Morgan fingerprint density at radius 3 is 2.13 bits per heavy atom. The summed E-state index contributed by atoms with van der Waals surface area (Å²) in [6, 6.07) is 17.5. The first-order chi connectivity index (χ1) is 7.29. The van der Waals surface area contributed by atoms with Gasteiger partial charge in [0.2, 0.25) is 0 Å². The summed E-state index contributed by atoms with van der Waals surface area (Å²) in [6.07, 6.45) is -0.929. The van der Waals surface area contributed by atoms with Crippen LogP contribution in [0.2, 0.25) is 0 Å². The fourth-order valence-electron chi connectivity index (χ4n) is 1.64. The van der Waals surface area contributed by atoms with Crippen LogP contribution in [-0.4, -0.2) is 5.11 Å². The molecule has 0 aliphatic heterocycles. The lowest BCUT2D eigenvalue weighted by Gasteiger charge is -2.11. The highest BCUT2D eigenvalue weighted by atomic mass is 16.3. The van der Waals surface area contributed by atoms with Gasteiger partial charge in [-0.25, -0.2) is 0 Å².